The number of aromatic nitrogens is 4. The molecule has 0 saturated heterocycles. The Labute approximate surface area is 327 Å². The molecule has 3 heterocycles. The minimum Gasteiger partial charge on any atom is -0.308 e. The summed E-state index contributed by atoms with van der Waals surface area (Å²) in [6.07, 6.45) is 0. The zero-order valence-corrected chi connectivity index (χ0v) is 31.0. The van der Waals surface area contributed by atoms with E-state index >= 15 is 0 Å². The molecule has 0 fully saturated rings. The van der Waals surface area contributed by atoms with Crippen LogP contribution in [-0.2, 0) is 0 Å². The fourth-order valence-electron chi connectivity index (χ4n) is 7.97. The topological polar surface area (TPSA) is 43.6 Å². The van der Waals surface area contributed by atoms with Crippen molar-refractivity contribution in [2.24, 2.45) is 0 Å². The van der Waals surface area contributed by atoms with Crippen molar-refractivity contribution in [3.05, 3.63) is 194 Å². The highest BCUT2D eigenvalue weighted by atomic mass is 32.1. The van der Waals surface area contributed by atoms with Gasteiger partial charge in [-0.15, -0.1) is 11.3 Å². The van der Waals surface area contributed by atoms with Crippen LogP contribution in [0.5, 0.6) is 0 Å². The van der Waals surface area contributed by atoms with E-state index in [1.165, 1.54) is 47.6 Å². The summed E-state index contributed by atoms with van der Waals surface area (Å²) in [4.78, 5) is 15.6. The smallest absolute Gasteiger partial charge is 0.166 e. The van der Waals surface area contributed by atoms with Crippen LogP contribution in [-0.4, -0.2) is 19.5 Å². The number of hydrogen-bond acceptors (Lipinski definition) is 4. The van der Waals surface area contributed by atoms with Crippen molar-refractivity contribution in [2.75, 3.05) is 0 Å². The van der Waals surface area contributed by atoms with E-state index < -0.39 is 0 Å². The van der Waals surface area contributed by atoms with Gasteiger partial charge >= 0.3 is 0 Å². The monoisotopic (exact) mass is 732 g/mol. The van der Waals surface area contributed by atoms with E-state index in [4.69, 9.17) is 15.0 Å². The third-order valence-corrected chi connectivity index (χ3v) is 11.8. The molecule has 11 rings (SSSR count). The molecule has 0 aliphatic heterocycles. The van der Waals surface area contributed by atoms with Gasteiger partial charge < -0.3 is 4.57 Å². The average molecular weight is 733 g/mol. The SMILES string of the molecule is c1ccc(-c2ccc3c(c2)c2ccc(-c4ccccc4)cc2n3-c2ccccc2-c2nc(-c3ccccc3)nc(-c3ccc4sc5ccccc5c4c3)n2)cc1. The van der Waals surface area contributed by atoms with Crippen LogP contribution >= 0.6 is 11.3 Å². The zero-order valence-electron chi connectivity index (χ0n) is 30.2. The number of fused-ring (bicyclic) bond motifs is 6. The van der Waals surface area contributed by atoms with E-state index in [0.717, 1.165) is 39.0 Å². The molecule has 0 amide bonds. The molecule has 4 nitrogen and oxygen atoms in total. The summed E-state index contributed by atoms with van der Waals surface area (Å²) in [7, 11) is 0. The first-order valence-corrected chi connectivity index (χ1v) is 19.6. The number of thiophene rings is 1. The molecule has 5 heteroatoms. The van der Waals surface area contributed by atoms with E-state index in [1.807, 2.05) is 29.5 Å². The lowest BCUT2D eigenvalue weighted by molar-refractivity contribution is 1.06. The van der Waals surface area contributed by atoms with Gasteiger partial charge in [0.25, 0.3) is 0 Å². The molecule has 56 heavy (non-hydrogen) atoms. The van der Waals surface area contributed by atoms with Crippen LogP contribution in [0.4, 0.5) is 0 Å². The van der Waals surface area contributed by atoms with Crippen LogP contribution in [0.3, 0.4) is 0 Å². The minimum absolute atomic E-state index is 0.620. The fourth-order valence-corrected chi connectivity index (χ4v) is 9.05. The summed E-state index contributed by atoms with van der Waals surface area (Å²) in [6, 6.07) is 68.7. The molecular weight excluding hydrogens is 701 g/mol. The first-order chi connectivity index (χ1) is 27.7. The Bertz CT molecular complexity index is 3240. The van der Waals surface area contributed by atoms with Gasteiger partial charge in [0, 0.05) is 47.6 Å². The van der Waals surface area contributed by atoms with Gasteiger partial charge in [-0.3, -0.25) is 0 Å². The van der Waals surface area contributed by atoms with Crippen molar-refractivity contribution in [2.45, 2.75) is 0 Å². The number of hydrogen-bond donors (Lipinski definition) is 0. The number of para-hydroxylation sites is 1. The van der Waals surface area contributed by atoms with Crippen molar-refractivity contribution in [3.63, 3.8) is 0 Å². The van der Waals surface area contributed by atoms with Crippen molar-refractivity contribution < 1.29 is 0 Å². The van der Waals surface area contributed by atoms with Crippen molar-refractivity contribution in [3.8, 4) is 62.1 Å². The lowest BCUT2D eigenvalue weighted by atomic mass is 10.0. The maximum absolute atomic E-state index is 5.29. The molecule has 11 aromatic rings. The molecule has 3 aromatic heterocycles. The van der Waals surface area contributed by atoms with Crippen LogP contribution in [0.15, 0.2) is 194 Å². The Balaban J connectivity index is 1.16. The quantitative estimate of drug-likeness (QED) is 0.171. The molecule has 0 atom stereocenters. The number of rotatable bonds is 6. The summed E-state index contributed by atoms with van der Waals surface area (Å²) in [6.45, 7) is 0. The molecule has 0 aliphatic carbocycles. The Kier molecular flexibility index (Phi) is 7.64. The van der Waals surface area contributed by atoms with Gasteiger partial charge in [0.1, 0.15) is 0 Å². The molecule has 262 valence electrons. The Hall–Kier alpha value is -7.21. The highest BCUT2D eigenvalue weighted by Crippen LogP contribution is 2.40. The lowest BCUT2D eigenvalue weighted by Crippen LogP contribution is -2.03. The second kappa shape index (κ2) is 13.3. The predicted molar refractivity (Wildman–Crippen MR) is 234 cm³/mol. The lowest BCUT2D eigenvalue weighted by Gasteiger charge is -2.15. The van der Waals surface area contributed by atoms with Crippen molar-refractivity contribution >= 4 is 53.3 Å². The van der Waals surface area contributed by atoms with Crippen molar-refractivity contribution in [1.29, 1.82) is 0 Å². The third kappa shape index (κ3) is 5.48. The van der Waals surface area contributed by atoms with Gasteiger partial charge in [-0.25, -0.2) is 15.0 Å². The summed E-state index contributed by atoms with van der Waals surface area (Å²) in [5.74, 6) is 1.90. The molecule has 0 saturated carbocycles. The summed E-state index contributed by atoms with van der Waals surface area (Å²) < 4.78 is 4.90. The van der Waals surface area contributed by atoms with Gasteiger partial charge in [-0.05, 0) is 76.9 Å². The first kappa shape index (κ1) is 32.2. The van der Waals surface area contributed by atoms with Crippen LogP contribution in [0, 0.1) is 0 Å². The van der Waals surface area contributed by atoms with E-state index in [2.05, 4.69) is 180 Å². The molecule has 0 aliphatic rings. The predicted octanol–water partition coefficient (Wildman–Crippen LogP) is 13.7. The Morgan fingerprint density at radius 3 is 1.64 bits per heavy atom. The highest BCUT2D eigenvalue weighted by Gasteiger charge is 2.20. The first-order valence-electron chi connectivity index (χ1n) is 18.8. The standard InChI is InChI=1S/C51H32N4S/c1-4-14-33(15-5-1)36-25-28-45-42(30-36)39-27-24-37(34-16-6-2-7-17-34)32-46(39)55(45)44-22-12-10-21-41(44)51-53-49(35-18-8-3-9-19-35)52-50(54-51)38-26-29-48-43(31-38)40-20-11-13-23-47(40)56-48/h1-32H. The minimum atomic E-state index is 0.620. The van der Waals surface area contributed by atoms with E-state index in [9.17, 15) is 0 Å². The van der Waals surface area contributed by atoms with Gasteiger partial charge in [-0.2, -0.15) is 0 Å². The summed E-state index contributed by atoms with van der Waals surface area (Å²) in [5.41, 5.74) is 10.8. The van der Waals surface area contributed by atoms with Crippen LogP contribution < -0.4 is 0 Å². The second-order valence-electron chi connectivity index (χ2n) is 14.0. The molecular formula is C51H32N4S. The highest BCUT2D eigenvalue weighted by molar-refractivity contribution is 7.25. The van der Waals surface area contributed by atoms with Crippen LogP contribution in [0.2, 0.25) is 0 Å². The van der Waals surface area contributed by atoms with Crippen LogP contribution in [0.1, 0.15) is 0 Å². The molecule has 8 aromatic carbocycles. The maximum atomic E-state index is 5.29. The van der Waals surface area contributed by atoms with Crippen molar-refractivity contribution in [1.82, 2.24) is 19.5 Å². The molecule has 0 bridgehead atoms. The van der Waals surface area contributed by atoms with Gasteiger partial charge in [0.15, 0.2) is 17.5 Å². The van der Waals surface area contributed by atoms with E-state index in [-0.39, 0.29) is 0 Å². The maximum Gasteiger partial charge on any atom is 0.166 e. The molecule has 0 spiro atoms. The molecule has 0 radical (unpaired) electrons. The van der Waals surface area contributed by atoms with Gasteiger partial charge in [-0.1, -0.05) is 140 Å². The fraction of sp³-hybridized carbons (Fsp3) is 0. The third-order valence-electron chi connectivity index (χ3n) is 10.7. The number of benzene rings is 8. The van der Waals surface area contributed by atoms with E-state index in [0.29, 0.717) is 17.5 Å². The van der Waals surface area contributed by atoms with E-state index in [1.54, 1.807) is 0 Å². The Morgan fingerprint density at radius 1 is 0.321 bits per heavy atom. The molecule has 0 unspecified atom stereocenters. The van der Waals surface area contributed by atoms with Gasteiger partial charge in [0.05, 0.1) is 16.7 Å². The Morgan fingerprint density at radius 2 is 0.875 bits per heavy atom. The van der Waals surface area contributed by atoms with Crippen LogP contribution in [0.25, 0.3) is 104 Å². The summed E-state index contributed by atoms with van der Waals surface area (Å²) >= 11 is 1.81. The molecule has 0 N–H and O–H groups in total. The van der Waals surface area contributed by atoms with Gasteiger partial charge in [0.2, 0.25) is 0 Å². The average Bonchev–Trinajstić information content (AvgIpc) is 3.81. The zero-order chi connectivity index (χ0) is 37.0. The summed E-state index contributed by atoms with van der Waals surface area (Å²) in [5, 5.41) is 4.83. The second-order valence-corrected chi connectivity index (χ2v) is 15.1. The normalized spacial score (nSPS) is 11.6. The number of nitrogens with zero attached hydrogens (tertiary/aromatic N) is 4. The largest absolute Gasteiger partial charge is 0.308 e.